The van der Waals surface area contributed by atoms with E-state index >= 15 is 0 Å². The van der Waals surface area contributed by atoms with E-state index in [1.807, 2.05) is 4.68 Å². The zero-order valence-corrected chi connectivity index (χ0v) is 10.4. The second-order valence-corrected chi connectivity index (χ2v) is 5.98. The third kappa shape index (κ3) is 2.16. The van der Waals surface area contributed by atoms with E-state index in [9.17, 15) is 0 Å². The Morgan fingerprint density at radius 2 is 1.81 bits per heavy atom. The lowest BCUT2D eigenvalue weighted by atomic mass is 9.80. The molecule has 0 bridgehead atoms. The molecule has 16 heavy (non-hydrogen) atoms. The van der Waals surface area contributed by atoms with Gasteiger partial charge in [-0.3, -0.25) is 0 Å². The van der Waals surface area contributed by atoms with Crippen molar-refractivity contribution in [1.29, 1.82) is 0 Å². The normalized spacial score (nSPS) is 24.5. The standard InChI is InChI=1S/C10H20N6/c1-9(2)5-7(6-10(3,4)13-9)16-8(11)12-14-15-16/h7,13H,5-6H2,1-4H3,(H2,11,12,15)/p+1. The molecule has 4 N–H and O–H groups in total. The van der Waals surface area contributed by atoms with Crippen LogP contribution in [0, 0.1) is 0 Å². The fraction of sp³-hybridized carbons (Fsp3) is 0.900. The summed E-state index contributed by atoms with van der Waals surface area (Å²) >= 11 is 0. The first kappa shape index (κ1) is 11.3. The predicted molar refractivity (Wildman–Crippen MR) is 60.6 cm³/mol. The van der Waals surface area contributed by atoms with Gasteiger partial charge in [0.25, 0.3) is 0 Å². The first-order valence-electron chi connectivity index (χ1n) is 5.66. The molecular weight excluding hydrogens is 204 g/mol. The van der Waals surface area contributed by atoms with E-state index < -0.39 is 0 Å². The highest BCUT2D eigenvalue weighted by molar-refractivity contribution is 5.01. The summed E-state index contributed by atoms with van der Waals surface area (Å²) in [6.07, 6.45) is 2.02. The third-order valence-electron chi connectivity index (χ3n) is 3.09. The van der Waals surface area contributed by atoms with Gasteiger partial charge in [0.2, 0.25) is 0 Å². The number of hydrogen-bond acceptors (Lipinski definition) is 4. The average molecular weight is 225 g/mol. The maximum atomic E-state index is 5.79. The molecule has 1 aromatic rings. The van der Waals surface area contributed by atoms with E-state index in [4.69, 9.17) is 5.73 Å². The van der Waals surface area contributed by atoms with Gasteiger partial charge in [0.05, 0.1) is 11.1 Å². The number of hydrogen-bond donors (Lipinski definition) is 3. The number of H-pyrrole nitrogens is 1. The highest BCUT2D eigenvalue weighted by atomic mass is 15.6. The smallest absolute Gasteiger partial charge is 0.307 e. The van der Waals surface area contributed by atoms with E-state index in [1.165, 1.54) is 0 Å². The monoisotopic (exact) mass is 225 g/mol. The third-order valence-corrected chi connectivity index (χ3v) is 3.09. The number of nitrogens with one attached hydrogen (secondary N) is 2. The molecule has 1 fully saturated rings. The molecule has 0 unspecified atom stereocenters. The van der Waals surface area contributed by atoms with Crippen LogP contribution in [-0.2, 0) is 0 Å². The minimum absolute atomic E-state index is 0.0942. The van der Waals surface area contributed by atoms with Crippen LogP contribution in [0.5, 0.6) is 0 Å². The molecule has 0 aromatic carbocycles. The Hall–Kier alpha value is -1.17. The lowest BCUT2D eigenvalue weighted by Gasteiger charge is -2.45. The van der Waals surface area contributed by atoms with Crippen molar-refractivity contribution in [3.63, 3.8) is 0 Å². The predicted octanol–water partition coefficient (Wildman–Crippen LogP) is 0.156. The molecule has 1 aromatic heterocycles. The number of nitrogens with two attached hydrogens (primary N) is 1. The van der Waals surface area contributed by atoms with Gasteiger partial charge in [0.15, 0.2) is 0 Å². The van der Waals surface area contributed by atoms with Crippen molar-refractivity contribution < 1.29 is 4.68 Å². The van der Waals surface area contributed by atoms with Crippen molar-refractivity contribution in [3.05, 3.63) is 0 Å². The SMILES string of the molecule is CC1(C)CC([n+]2[nH]nnc2N)CC(C)(C)N1. The molecule has 0 radical (unpaired) electrons. The van der Waals surface area contributed by atoms with Crippen molar-refractivity contribution in [2.75, 3.05) is 5.73 Å². The second-order valence-electron chi connectivity index (χ2n) is 5.98. The summed E-state index contributed by atoms with van der Waals surface area (Å²) in [7, 11) is 0. The molecule has 6 nitrogen and oxygen atoms in total. The Bertz CT molecular complexity index is 364. The lowest BCUT2D eigenvalue weighted by Crippen LogP contribution is -2.62. The minimum atomic E-state index is 0.0942. The largest absolute Gasteiger partial charge is 0.397 e. The van der Waals surface area contributed by atoms with Gasteiger partial charge in [0, 0.05) is 11.1 Å². The summed E-state index contributed by atoms with van der Waals surface area (Å²) < 4.78 is 1.87. The number of tetrazole rings is 1. The molecule has 1 saturated heterocycles. The molecular formula is C10H21N6+. The average Bonchev–Trinajstić information content (AvgIpc) is 2.45. The lowest BCUT2D eigenvalue weighted by molar-refractivity contribution is -0.769. The van der Waals surface area contributed by atoms with Gasteiger partial charge < -0.3 is 11.1 Å². The zero-order valence-electron chi connectivity index (χ0n) is 10.4. The van der Waals surface area contributed by atoms with Crippen LogP contribution >= 0.6 is 0 Å². The number of aromatic nitrogens is 4. The van der Waals surface area contributed by atoms with Crippen molar-refractivity contribution in [2.45, 2.75) is 57.7 Å². The van der Waals surface area contributed by atoms with E-state index in [0.717, 1.165) is 12.8 Å². The molecule has 1 aliphatic heterocycles. The van der Waals surface area contributed by atoms with Gasteiger partial charge in [-0.15, -0.1) is 5.21 Å². The zero-order chi connectivity index (χ0) is 12.0. The number of piperidine rings is 1. The number of nitrogens with zero attached hydrogens (tertiary/aromatic N) is 3. The molecule has 0 spiro atoms. The summed E-state index contributed by atoms with van der Waals surface area (Å²) in [5.74, 6) is 0.457. The fourth-order valence-electron chi connectivity index (χ4n) is 2.94. The molecule has 0 saturated carbocycles. The summed E-state index contributed by atoms with van der Waals surface area (Å²) in [6.45, 7) is 8.84. The van der Waals surface area contributed by atoms with Crippen LogP contribution in [0.25, 0.3) is 0 Å². The minimum Gasteiger partial charge on any atom is -0.307 e. The van der Waals surface area contributed by atoms with Crippen molar-refractivity contribution >= 4 is 5.95 Å². The summed E-state index contributed by atoms with van der Waals surface area (Å²) in [5.41, 5.74) is 5.97. The van der Waals surface area contributed by atoms with Gasteiger partial charge >= 0.3 is 5.95 Å². The van der Waals surface area contributed by atoms with Gasteiger partial charge in [-0.25, -0.2) is 0 Å². The Labute approximate surface area is 95.6 Å². The van der Waals surface area contributed by atoms with Crippen LogP contribution in [0.15, 0.2) is 0 Å². The maximum Gasteiger partial charge on any atom is 0.397 e. The van der Waals surface area contributed by atoms with Crippen LogP contribution < -0.4 is 15.7 Å². The Morgan fingerprint density at radius 3 is 2.25 bits per heavy atom. The Morgan fingerprint density at radius 1 is 1.25 bits per heavy atom. The molecule has 0 amide bonds. The molecule has 90 valence electrons. The van der Waals surface area contributed by atoms with Gasteiger partial charge in [0.1, 0.15) is 5.21 Å². The maximum absolute atomic E-state index is 5.79. The molecule has 2 rings (SSSR count). The molecule has 6 heteroatoms. The van der Waals surface area contributed by atoms with Crippen molar-refractivity contribution in [3.8, 4) is 0 Å². The van der Waals surface area contributed by atoms with Crippen molar-refractivity contribution in [2.24, 2.45) is 0 Å². The Balaban J connectivity index is 2.26. The van der Waals surface area contributed by atoms with Crippen LogP contribution in [0.1, 0.15) is 46.6 Å². The summed E-state index contributed by atoms with van der Waals surface area (Å²) in [6, 6.07) is 0.321. The molecule has 0 aliphatic carbocycles. The number of nitrogen functional groups attached to an aromatic ring is 1. The summed E-state index contributed by atoms with van der Waals surface area (Å²) in [4.78, 5) is 0. The van der Waals surface area contributed by atoms with E-state index in [0.29, 0.717) is 12.0 Å². The number of anilines is 1. The van der Waals surface area contributed by atoms with E-state index in [2.05, 4.69) is 48.5 Å². The van der Waals surface area contributed by atoms with Crippen molar-refractivity contribution in [1.82, 2.24) is 20.8 Å². The van der Waals surface area contributed by atoms with Gasteiger partial charge in [-0.1, -0.05) is 0 Å². The highest BCUT2D eigenvalue weighted by Gasteiger charge is 2.40. The number of rotatable bonds is 1. The fourth-order valence-corrected chi connectivity index (χ4v) is 2.94. The Kier molecular flexibility index (Phi) is 2.41. The van der Waals surface area contributed by atoms with Gasteiger partial charge in [-0.2, -0.15) is 4.68 Å². The van der Waals surface area contributed by atoms with Crippen LogP contribution in [0.2, 0.25) is 0 Å². The van der Waals surface area contributed by atoms with Crippen LogP contribution in [-0.4, -0.2) is 26.6 Å². The topological polar surface area (TPSA) is 83.5 Å². The first-order valence-corrected chi connectivity index (χ1v) is 5.66. The molecule has 2 heterocycles. The second kappa shape index (κ2) is 3.41. The molecule has 0 atom stereocenters. The molecule has 1 aliphatic rings. The quantitative estimate of drug-likeness (QED) is 0.594. The highest BCUT2D eigenvalue weighted by Crippen LogP contribution is 2.32. The first-order chi connectivity index (χ1) is 7.29. The summed E-state index contributed by atoms with van der Waals surface area (Å²) in [5, 5.41) is 14.0. The van der Waals surface area contributed by atoms with Crippen LogP contribution in [0.3, 0.4) is 0 Å². The van der Waals surface area contributed by atoms with Crippen LogP contribution in [0.4, 0.5) is 5.95 Å². The van der Waals surface area contributed by atoms with E-state index in [-0.39, 0.29) is 11.1 Å². The van der Waals surface area contributed by atoms with E-state index in [1.54, 1.807) is 0 Å². The number of aromatic amines is 1. The van der Waals surface area contributed by atoms with Gasteiger partial charge in [-0.05, 0) is 40.5 Å².